The monoisotopic (exact) mass is 262 g/mol. The van der Waals surface area contributed by atoms with Gasteiger partial charge in [0.25, 0.3) is 0 Å². The van der Waals surface area contributed by atoms with Gasteiger partial charge in [0.2, 0.25) is 0 Å². The van der Waals surface area contributed by atoms with Crippen molar-refractivity contribution in [3.63, 3.8) is 0 Å². The Hall–Kier alpha value is -0.860. The Morgan fingerprint density at radius 2 is 1.68 bits per heavy atom. The van der Waals surface area contributed by atoms with Crippen LogP contribution in [-0.4, -0.2) is 23.5 Å². The highest BCUT2D eigenvalue weighted by atomic mass is 15.1. The van der Waals surface area contributed by atoms with Crippen LogP contribution in [0.1, 0.15) is 52.2 Å². The summed E-state index contributed by atoms with van der Waals surface area (Å²) in [6, 6.07) is 9.94. The fourth-order valence-electron chi connectivity index (χ4n) is 2.22. The van der Waals surface area contributed by atoms with Gasteiger partial charge in [0.15, 0.2) is 0 Å². The minimum Gasteiger partial charge on any atom is -0.310 e. The molecule has 2 heteroatoms. The average Bonchev–Trinajstić information content (AvgIpc) is 2.37. The highest BCUT2D eigenvalue weighted by Gasteiger charge is 2.11. The largest absolute Gasteiger partial charge is 0.310 e. The second kappa shape index (κ2) is 8.34. The van der Waals surface area contributed by atoms with E-state index in [0.717, 1.165) is 13.1 Å². The van der Waals surface area contributed by atoms with Gasteiger partial charge in [-0.05, 0) is 37.9 Å². The van der Waals surface area contributed by atoms with Gasteiger partial charge < -0.3 is 5.32 Å². The number of benzene rings is 1. The Morgan fingerprint density at radius 1 is 1.05 bits per heavy atom. The van der Waals surface area contributed by atoms with Crippen LogP contribution in [-0.2, 0) is 13.1 Å². The van der Waals surface area contributed by atoms with Crippen LogP contribution < -0.4 is 5.32 Å². The lowest BCUT2D eigenvalue weighted by atomic mass is 10.1. The van der Waals surface area contributed by atoms with Crippen molar-refractivity contribution in [1.29, 1.82) is 0 Å². The molecule has 1 rings (SSSR count). The summed E-state index contributed by atoms with van der Waals surface area (Å²) in [4.78, 5) is 2.55. The van der Waals surface area contributed by atoms with Gasteiger partial charge in [0.1, 0.15) is 0 Å². The van der Waals surface area contributed by atoms with Crippen molar-refractivity contribution >= 4 is 0 Å². The summed E-state index contributed by atoms with van der Waals surface area (Å²) in [5.41, 5.74) is 2.88. The van der Waals surface area contributed by atoms with Gasteiger partial charge in [-0.25, -0.2) is 0 Å². The lowest BCUT2D eigenvalue weighted by Gasteiger charge is -2.27. The molecule has 0 fully saturated rings. The Balaban J connectivity index is 2.75. The predicted molar refractivity (Wildman–Crippen MR) is 84.3 cm³/mol. The first-order chi connectivity index (χ1) is 9.04. The Labute approximate surface area is 119 Å². The molecule has 0 aliphatic rings. The molecule has 19 heavy (non-hydrogen) atoms. The van der Waals surface area contributed by atoms with Crippen LogP contribution in [0, 0.1) is 0 Å². The topological polar surface area (TPSA) is 15.3 Å². The second-order valence-electron chi connectivity index (χ2n) is 5.87. The third-order valence-corrected chi connectivity index (χ3v) is 3.43. The zero-order valence-electron chi connectivity index (χ0n) is 13.2. The molecule has 0 aromatic heterocycles. The molecule has 0 saturated carbocycles. The van der Waals surface area contributed by atoms with E-state index < -0.39 is 0 Å². The van der Waals surface area contributed by atoms with Crippen LogP contribution in [0.3, 0.4) is 0 Å². The molecular formula is C17H30N2. The third kappa shape index (κ3) is 5.75. The first-order valence-electron chi connectivity index (χ1n) is 7.58. The number of nitrogens with one attached hydrogen (secondary N) is 1. The Kier molecular flexibility index (Phi) is 7.11. The SMILES string of the molecule is CCCN(Cc1ccccc1CNC(C)C)C(C)C. The Bertz CT molecular complexity index is 358. The quantitative estimate of drug-likeness (QED) is 0.766. The standard InChI is InChI=1S/C17H30N2/c1-6-11-19(15(4)5)13-17-10-8-7-9-16(17)12-18-14(2)3/h7-10,14-15,18H,6,11-13H2,1-5H3. The molecule has 0 bridgehead atoms. The van der Waals surface area contributed by atoms with Crippen molar-refractivity contribution in [3.05, 3.63) is 35.4 Å². The normalized spacial score (nSPS) is 11.8. The number of hydrogen-bond acceptors (Lipinski definition) is 2. The summed E-state index contributed by atoms with van der Waals surface area (Å²) >= 11 is 0. The Morgan fingerprint density at radius 3 is 2.21 bits per heavy atom. The van der Waals surface area contributed by atoms with E-state index in [2.05, 4.69) is 69.1 Å². The molecule has 0 aliphatic heterocycles. The minimum atomic E-state index is 0.532. The molecule has 0 atom stereocenters. The smallest absolute Gasteiger partial charge is 0.0239 e. The highest BCUT2D eigenvalue weighted by Crippen LogP contribution is 2.14. The van der Waals surface area contributed by atoms with Crippen LogP contribution in [0.4, 0.5) is 0 Å². The predicted octanol–water partition coefficient (Wildman–Crippen LogP) is 3.81. The van der Waals surface area contributed by atoms with Gasteiger partial charge in [-0.2, -0.15) is 0 Å². The number of hydrogen-bond donors (Lipinski definition) is 1. The summed E-state index contributed by atoms with van der Waals surface area (Å²) < 4.78 is 0. The molecule has 0 amide bonds. The zero-order valence-corrected chi connectivity index (χ0v) is 13.2. The molecule has 108 valence electrons. The average molecular weight is 262 g/mol. The van der Waals surface area contributed by atoms with Crippen molar-refractivity contribution in [2.75, 3.05) is 6.54 Å². The fraction of sp³-hybridized carbons (Fsp3) is 0.647. The number of nitrogens with zero attached hydrogens (tertiary/aromatic N) is 1. The molecule has 1 aromatic rings. The van der Waals surface area contributed by atoms with Crippen molar-refractivity contribution in [2.24, 2.45) is 0 Å². The van der Waals surface area contributed by atoms with Crippen molar-refractivity contribution in [2.45, 2.75) is 66.2 Å². The summed E-state index contributed by atoms with van der Waals surface area (Å²) in [6.45, 7) is 14.4. The van der Waals surface area contributed by atoms with Crippen LogP contribution in [0.5, 0.6) is 0 Å². The van der Waals surface area contributed by atoms with Crippen molar-refractivity contribution in [1.82, 2.24) is 10.2 Å². The maximum Gasteiger partial charge on any atom is 0.0239 e. The molecule has 0 radical (unpaired) electrons. The molecule has 1 N–H and O–H groups in total. The van der Waals surface area contributed by atoms with Gasteiger partial charge in [-0.1, -0.05) is 45.0 Å². The lowest BCUT2D eigenvalue weighted by molar-refractivity contribution is 0.212. The zero-order chi connectivity index (χ0) is 14.3. The van der Waals surface area contributed by atoms with E-state index in [4.69, 9.17) is 0 Å². The van der Waals surface area contributed by atoms with Crippen molar-refractivity contribution in [3.8, 4) is 0 Å². The molecule has 0 aliphatic carbocycles. The first-order valence-corrected chi connectivity index (χ1v) is 7.58. The van der Waals surface area contributed by atoms with Crippen LogP contribution >= 0.6 is 0 Å². The second-order valence-corrected chi connectivity index (χ2v) is 5.87. The van der Waals surface area contributed by atoms with Gasteiger partial charge in [0.05, 0.1) is 0 Å². The van der Waals surface area contributed by atoms with Gasteiger partial charge >= 0.3 is 0 Å². The fourth-order valence-corrected chi connectivity index (χ4v) is 2.22. The molecule has 0 saturated heterocycles. The molecule has 0 unspecified atom stereocenters. The van der Waals surface area contributed by atoms with Gasteiger partial charge in [-0.3, -0.25) is 4.90 Å². The van der Waals surface area contributed by atoms with E-state index >= 15 is 0 Å². The van der Waals surface area contributed by atoms with E-state index in [1.54, 1.807) is 0 Å². The first kappa shape index (κ1) is 16.2. The van der Waals surface area contributed by atoms with Gasteiger partial charge in [0, 0.05) is 25.2 Å². The van der Waals surface area contributed by atoms with E-state index in [-0.39, 0.29) is 0 Å². The van der Waals surface area contributed by atoms with Gasteiger partial charge in [-0.15, -0.1) is 0 Å². The minimum absolute atomic E-state index is 0.532. The van der Waals surface area contributed by atoms with Crippen LogP contribution in [0.15, 0.2) is 24.3 Å². The third-order valence-electron chi connectivity index (χ3n) is 3.43. The van der Waals surface area contributed by atoms with E-state index in [1.807, 2.05) is 0 Å². The molecule has 1 aromatic carbocycles. The maximum atomic E-state index is 3.52. The molecule has 0 spiro atoms. The van der Waals surface area contributed by atoms with Crippen LogP contribution in [0.2, 0.25) is 0 Å². The van der Waals surface area contributed by atoms with Crippen molar-refractivity contribution < 1.29 is 0 Å². The molecule has 2 nitrogen and oxygen atoms in total. The lowest BCUT2D eigenvalue weighted by Crippen LogP contribution is -2.32. The summed E-state index contributed by atoms with van der Waals surface area (Å²) in [6.07, 6.45) is 1.21. The summed E-state index contributed by atoms with van der Waals surface area (Å²) in [5.74, 6) is 0. The number of rotatable bonds is 8. The summed E-state index contributed by atoms with van der Waals surface area (Å²) in [5, 5.41) is 3.52. The molecule has 0 heterocycles. The van der Waals surface area contributed by atoms with E-state index in [1.165, 1.54) is 24.1 Å². The van der Waals surface area contributed by atoms with E-state index in [0.29, 0.717) is 12.1 Å². The maximum absolute atomic E-state index is 3.52. The highest BCUT2D eigenvalue weighted by molar-refractivity contribution is 5.27. The molecular weight excluding hydrogens is 232 g/mol. The summed E-state index contributed by atoms with van der Waals surface area (Å²) in [7, 11) is 0. The van der Waals surface area contributed by atoms with Crippen LogP contribution in [0.25, 0.3) is 0 Å². The van der Waals surface area contributed by atoms with E-state index in [9.17, 15) is 0 Å².